The zero-order valence-corrected chi connectivity index (χ0v) is 19.4. The van der Waals surface area contributed by atoms with Gasteiger partial charge in [-0.05, 0) is 68.7 Å². The molecule has 1 atom stereocenters. The fourth-order valence-corrected chi connectivity index (χ4v) is 5.48. The molecule has 0 aromatic heterocycles. The second-order valence-electron chi connectivity index (χ2n) is 7.40. The van der Waals surface area contributed by atoms with Crippen molar-refractivity contribution >= 4 is 33.2 Å². The number of rotatable bonds is 7. The summed E-state index contributed by atoms with van der Waals surface area (Å²) in [5.74, 6) is 0.493. The van der Waals surface area contributed by atoms with Crippen LogP contribution in [0.15, 0.2) is 41.3 Å². The summed E-state index contributed by atoms with van der Waals surface area (Å²) in [6.07, 6.45) is 1.22. The number of anilines is 1. The number of sulfonamides is 1. The largest absolute Gasteiger partial charge is 0.495 e. The molecule has 1 aliphatic rings. The average molecular weight is 467 g/mol. The highest BCUT2D eigenvalue weighted by Gasteiger charge is 2.33. The fraction of sp³-hybridized carbons (Fsp3) is 0.409. The van der Waals surface area contributed by atoms with Gasteiger partial charge in [0.05, 0.1) is 29.6 Å². The van der Waals surface area contributed by atoms with Gasteiger partial charge in [-0.2, -0.15) is 4.31 Å². The summed E-state index contributed by atoms with van der Waals surface area (Å²) < 4.78 is 38.3. The van der Waals surface area contributed by atoms with E-state index in [0.29, 0.717) is 48.2 Å². The van der Waals surface area contributed by atoms with Crippen LogP contribution in [-0.2, 0) is 14.8 Å². The Kier molecular flexibility index (Phi) is 7.46. The molecule has 3 rings (SSSR count). The number of nitrogens with one attached hydrogen (secondary N) is 1. The first-order valence-corrected chi connectivity index (χ1v) is 12.0. The summed E-state index contributed by atoms with van der Waals surface area (Å²) >= 11 is 6.12. The zero-order valence-electron chi connectivity index (χ0n) is 17.9. The second-order valence-corrected chi connectivity index (χ2v) is 9.75. The predicted octanol–water partition coefficient (Wildman–Crippen LogP) is 4.10. The molecule has 0 aliphatic carbocycles. The van der Waals surface area contributed by atoms with E-state index in [0.717, 1.165) is 5.56 Å². The third-order valence-corrected chi connectivity index (χ3v) is 7.41. The lowest BCUT2D eigenvalue weighted by molar-refractivity contribution is -0.120. The van der Waals surface area contributed by atoms with E-state index in [1.807, 2.05) is 13.8 Å². The minimum absolute atomic E-state index is 0.129. The van der Waals surface area contributed by atoms with E-state index in [1.165, 1.54) is 11.4 Å². The normalized spacial score (nSPS) is 17.2. The molecule has 31 heavy (non-hydrogen) atoms. The number of amides is 1. The highest BCUT2D eigenvalue weighted by Crippen LogP contribution is 2.30. The van der Waals surface area contributed by atoms with Gasteiger partial charge >= 0.3 is 0 Å². The lowest BCUT2D eigenvalue weighted by Gasteiger charge is -2.31. The van der Waals surface area contributed by atoms with Gasteiger partial charge in [-0.3, -0.25) is 4.79 Å². The Hall–Kier alpha value is -2.29. The minimum Gasteiger partial charge on any atom is -0.495 e. The van der Waals surface area contributed by atoms with Crippen molar-refractivity contribution in [3.63, 3.8) is 0 Å². The maximum atomic E-state index is 13.2. The molecule has 168 valence electrons. The SMILES string of the molecule is CCOc1ccc(S(=O)(=O)N2CCC[C@@H](C(=O)Nc3ccc(OC)c(Cl)c3)C2)cc1C. The first kappa shape index (κ1) is 23.4. The molecular weight excluding hydrogens is 440 g/mol. The lowest BCUT2D eigenvalue weighted by atomic mass is 9.98. The summed E-state index contributed by atoms with van der Waals surface area (Å²) in [6, 6.07) is 9.82. The second kappa shape index (κ2) is 9.89. The number of methoxy groups -OCH3 is 1. The van der Waals surface area contributed by atoms with Gasteiger partial charge in [0, 0.05) is 18.8 Å². The molecule has 1 fully saturated rings. The Morgan fingerprint density at radius 3 is 2.61 bits per heavy atom. The van der Waals surface area contributed by atoms with Crippen LogP contribution in [0.1, 0.15) is 25.3 Å². The van der Waals surface area contributed by atoms with Crippen molar-refractivity contribution in [2.24, 2.45) is 5.92 Å². The molecule has 1 aliphatic heterocycles. The van der Waals surface area contributed by atoms with E-state index in [9.17, 15) is 13.2 Å². The topological polar surface area (TPSA) is 84.9 Å². The van der Waals surface area contributed by atoms with Crippen LogP contribution < -0.4 is 14.8 Å². The highest BCUT2D eigenvalue weighted by atomic mass is 35.5. The molecule has 1 heterocycles. The van der Waals surface area contributed by atoms with Crippen LogP contribution in [0.2, 0.25) is 5.02 Å². The van der Waals surface area contributed by atoms with Gasteiger partial charge in [-0.15, -0.1) is 0 Å². The fourth-order valence-electron chi connectivity index (χ4n) is 3.61. The molecular formula is C22H27ClN2O5S. The Morgan fingerprint density at radius 2 is 1.97 bits per heavy atom. The van der Waals surface area contributed by atoms with E-state index < -0.39 is 15.9 Å². The molecule has 0 radical (unpaired) electrons. The number of hydrogen-bond donors (Lipinski definition) is 1. The van der Waals surface area contributed by atoms with E-state index in [-0.39, 0.29) is 17.3 Å². The molecule has 0 unspecified atom stereocenters. The number of halogens is 1. The minimum atomic E-state index is -3.71. The van der Waals surface area contributed by atoms with Crippen LogP contribution in [-0.4, -0.2) is 45.4 Å². The first-order valence-electron chi connectivity index (χ1n) is 10.1. The maximum absolute atomic E-state index is 13.2. The van der Waals surface area contributed by atoms with Gasteiger partial charge in [0.1, 0.15) is 11.5 Å². The van der Waals surface area contributed by atoms with Gasteiger partial charge < -0.3 is 14.8 Å². The van der Waals surface area contributed by atoms with E-state index >= 15 is 0 Å². The Balaban J connectivity index is 1.72. The van der Waals surface area contributed by atoms with Crippen LogP contribution in [0.4, 0.5) is 5.69 Å². The summed E-state index contributed by atoms with van der Waals surface area (Å²) in [4.78, 5) is 13.0. The van der Waals surface area contributed by atoms with Crippen molar-refractivity contribution in [2.75, 3.05) is 32.1 Å². The quantitative estimate of drug-likeness (QED) is 0.664. The highest BCUT2D eigenvalue weighted by molar-refractivity contribution is 7.89. The van der Waals surface area contributed by atoms with Gasteiger partial charge in [0.25, 0.3) is 0 Å². The average Bonchev–Trinajstić information content (AvgIpc) is 2.75. The van der Waals surface area contributed by atoms with Crippen LogP contribution >= 0.6 is 11.6 Å². The summed E-state index contributed by atoms with van der Waals surface area (Å²) in [5.41, 5.74) is 1.29. The molecule has 0 spiro atoms. The molecule has 0 bridgehead atoms. The number of carbonyl (C=O) groups excluding carboxylic acids is 1. The molecule has 2 aromatic carbocycles. The van der Waals surface area contributed by atoms with Crippen molar-refractivity contribution in [3.05, 3.63) is 47.0 Å². The van der Waals surface area contributed by atoms with Crippen LogP contribution in [0.25, 0.3) is 0 Å². The summed E-state index contributed by atoms with van der Waals surface area (Å²) in [5, 5.41) is 3.22. The van der Waals surface area contributed by atoms with Crippen molar-refractivity contribution in [2.45, 2.75) is 31.6 Å². The zero-order chi connectivity index (χ0) is 22.6. The van der Waals surface area contributed by atoms with Crippen LogP contribution in [0.5, 0.6) is 11.5 Å². The van der Waals surface area contributed by atoms with E-state index in [2.05, 4.69) is 5.32 Å². The number of benzene rings is 2. The first-order chi connectivity index (χ1) is 14.8. The smallest absolute Gasteiger partial charge is 0.243 e. The third kappa shape index (κ3) is 5.31. The third-order valence-electron chi connectivity index (χ3n) is 5.26. The molecule has 2 aromatic rings. The molecule has 1 amide bonds. The van der Waals surface area contributed by atoms with Gasteiger partial charge in [0.15, 0.2) is 0 Å². The molecule has 0 saturated carbocycles. The molecule has 1 saturated heterocycles. The number of carbonyl (C=O) groups is 1. The molecule has 7 nitrogen and oxygen atoms in total. The Labute approximate surface area is 188 Å². The van der Waals surface area contributed by atoms with Gasteiger partial charge in [0.2, 0.25) is 15.9 Å². The number of hydrogen-bond acceptors (Lipinski definition) is 5. The Bertz CT molecular complexity index is 1060. The van der Waals surface area contributed by atoms with Crippen LogP contribution in [0, 0.1) is 12.8 Å². The van der Waals surface area contributed by atoms with E-state index in [4.69, 9.17) is 21.1 Å². The van der Waals surface area contributed by atoms with Crippen LogP contribution in [0.3, 0.4) is 0 Å². The molecule has 9 heteroatoms. The number of aryl methyl sites for hydroxylation is 1. The van der Waals surface area contributed by atoms with Gasteiger partial charge in [-0.1, -0.05) is 11.6 Å². The number of nitrogens with zero attached hydrogens (tertiary/aromatic N) is 1. The van der Waals surface area contributed by atoms with Crippen molar-refractivity contribution < 1.29 is 22.7 Å². The maximum Gasteiger partial charge on any atom is 0.243 e. The lowest BCUT2D eigenvalue weighted by Crippen LogP contribution is -2.43. The number of piperidine rings is 1. The van der Waals surface area contributed by atoms with Gasteiger partial charge in [-0.25, -0.2) is 8.42 Å². The molecule has 1 N–H and O–H groups in total. The summed E-state index contributed by atoms with van der Waals surface area (Å²) in [7, 11) is -2.19. The number of ether oxygens (including phenoxy) is 2. The van der Waals surface area contributed by atoms with Crippen molar-refractivity contribution in [1.29, 1.82) is 0 Å². The predicted molar refractivity (Wildman–Crippen MR) is 120 cm³/mol. The van der Waals surface area contributed by atoms with Crippen molar-refractivity contribution in [3.8, 4) is 11.5 Å². The van der Waals surface area contributed by atoms with Crippen molar-refractivity contribution in [1.82, 2.24) is 4.31 Å². The Morgan fingerprint density at radius 1 is 1.23 bits per heavy atom. The van der Waals surface area contributed by atoms with E-state index in [1.54, 1.807) is 36.4 Å². The standard InChI is InChI=1S/C22H27ClN2O5S/c1-4-30-20-10-8-18(12-15(20)2)31(27,28)25-11-5-6-16(14-25)22(26)24-17-7-9-21(29-3)19(23)13-17/h7-10,12-13,16H,4-6,11,14H2,1-3H3,(H,24,26)/t16-/m1/s1. The summed E-state index contributed by atoms with van der Waals surface area (Å²) in [6.45, 7) is 4.71. The monoisotopic (exact) mass is 466 g/mol.